The van der Waals surface area contributed by atoms with Crippen LogP contribution >= 0.6 is 0 Å². The maximum Gasteiger partial charge on any atom is 0.317 e. The molecule has 7 heteroatoms. The third-order valence-electron chi connectivity index (χ3n) is 3.86. The Bertz CT molecular complexity index is 559. The molecule has 140 valence electrons. The normalized spacial score (nSPS) is 10.1. The lowest BCUT2D eigenvalue weighted by molar-refractivity contribution is -0.121. The molecule has 1 aromatic rings. The van der Waals surface area contributed by atoms with Crippen molar-refractivity contribution >= 4 is 11.9 Å². The van der Waals surface area contributed by atoms with E-state index in [0.717, 1.165) is 5.56 Å². The van der Waals surface area contributed by atoms with Crippen LogP contribution in [0.2, 0.25) is 0 Å². The zero-order valence-electron chi connectivity index (χ0n) is 15.6. The molecule has 0 aliphatic carbocycles. The Morgan fingerprint density at radius 2 is 1.64 bits per heavy atom. The molecule has 0 saturated carbocycles. The highest BCUT2D eigenvalue weighted by molar-refractivity contribution is 5.76. The van der Waals surface area contributed by atoms with Crippen molar-refractivity contribution in [1.29, 1.82) is 0 Å². The average molecular weight is 351 g/mol. The number of aryl methyl sites for hydroxylation is 1. The van der Waals surface area contributed by atoms with Crippen LogP contribution in [0, 0.1) is 0 Å². The van der Waals surface area contributed by atoms with Crippen molar-refractivity contribution < 1.29 is 19.1 Å². The zero-order valence-corrected chi connectivity index (χ0v) is 15.6. The molecule has 25 heavy (non-hydrogen) atoms. The van der Waals surface area contributed by atoms with Crippen LogP contribution in [-0.2, 0) is 11.2 Å². The second-order valence-corrected chi connectivity index (χ2v) is 5.44. The fourth-order valence-corrected chi connectivity index (χ4v) is 2.38. The summed E-state index contributed by atoms with van der Waals surface area (Å²) in [5, 5.41) is 5.59. The predicted molar refractivity (Wildman–Crippen MR) is 97.2 cm³/mol. The maximum absolute atomic E-state index is 11.9. The number of rotatable bonds is 10. The van der Waals surface area contributed by atoms with Gasteiger partial charge in [0.25, 0.3) is 0 Å². The van der Waals surface area contributed by atoms with Gasteiger partial charge in [0.05, 0.1) is 14.2 Å². The molecule has 0 atom stereocenters. The first kappa shape index (κ1) is 20.6. The van der Waals surface area contributed by atoms with E-state index in [1.807, 2.05) is 32.0 Å². The van der Waals surface area contributed by atoms with Crippen LogP contribution in [-0.4, -0.2) is 57.2 Å². The van der Waals surface area contributed by atoms with Gasteiger partial charge in [0.2, 0.25) is 5.91 Å². The molecule has 0 heterocycles. The van der Waals surface area contributed by atoms with Crippen LogP contribution in [0.1, 0.15) is 25.8 Å². The fraction of sp³-hybridized carbons (Fsp3) is 0.556. The number of ether oxygens (including phenoxy) is 2. The molecule has 0 bridgehead atoms. The van der Waals surface area contributed by atoms with E-state index in [2.05, 4.69) is 10.6 Å². The Morgan fingerprint density at radius 1 is 1.00 bits per heavy atom. The van der Waals surface area contributed by atoms with Crippen LogP contribution in [0.4, 0.5) is 4.79 Å². The average Bonchev–Trinajstić information content (AvgIpc) is 2.64. The molecule has 0 saturated heterocycles. The Morgan fingerprint density at radius 3 is 2.24 bits per heavy atom. The first-order valence-corrected chi connectivity index (χ1v) is 8.56. The first-order valence-electron chi connectivity index (χ1n) is 8.56. The second kappa shape index (κ2) is 11.2. The number of nitrogens with one attached hydrogen (secondary N) is 2. The minimum atomic E-state index is -0.107. The number of benzene rings is 1. The van der Waals surface area contributed by atoms with Gasteiger partial charge in [0.1, 0.15) is 0 Å². The molecule has 0 aliphatic rings. The summed E-state index contributed by atoms with van der Waals surface area (Å²) in [5.41, 5.74) is 1.00. The summed E-state index contributed by atoms with van der Waals surface area (Å²) < 4.78 is 10.4. The third-order valence-corrected chi connectivity index (χ3v) is 3.86. The number of hydrogen-bond donors (Lipinski definition) is 2. The van der Waals surface area contributed by atoms with Gasteiger partial charge in [-0.1, -0.05) is 6.07 Å². The molecule has 0 aliphatic heterocycles. The number of carbonyl (C=O) groups is 2. The lowest BCUT2D eigenvalue weighted by Crippen LogP contribution is -2.42. The van der Waals surface area contributed by atoms with Gasteiger partial charge >= 0.3 is 6.03 Å². The maximum atomic E-state index is 11.9. The van der Waals surface area contributed by atoms with Gasteiger partial charge in [-0.05, 0) is 38.0 Å². The molecule has 3 amide bonds. The molecular weight excluding hydrogens is 322 g/mol. The highest BCUT2D eigenvalue weighted by Crippen LogP contribution is 2.27. The second-order valence-electron chi connectivity index (χ2n) is 5.44. The van der Waals surface area contributed by atoms with Crippen molar-refractivity contribution in [3.05, 3.63) is 23.8 Å². The lowest BCUT2D eigenvalue weighted by Gasteiger charge is -2.19. The lowest BCUT2D eigenvalue weighted by atomic mass is 10.1. The number of urea groups is 1. The van der Waals surface area contributed by atoms with Crippen LogP contribution in [0.25, 0.3) is 0 Å². The summed E-state index contributed by atoms with van der Waals surface area (Å²) in [6.45, 7) is 6.02. The standard InChI is InChI=1S/C18H29N3O4/c1-5-21(6-2)18(23)20-12-11-19-17(22)10-8-14-7-9-15(24-3)16(13-14)25-4/h7,9,13H,5-6,8,10-12H2,1-4H3,(H,19,22)(H,20,23). The molecule has 1 rings (SSSR count). The highest BCUT2D eigenvalue weighted by Gasteiger charge is 2.09. The van der Waals surface area contributed by atoms with Gasteiger partial charge in [0.15, 0.2) is 11.5 Å². The molecule has 2 N–H and O–H groups in total. The topological polar surface area (TPSA) is 79.9 Å². The molecule has 0 aromatic heterocycles. The van der Waals surface area contributed by atoms with Crippen LogP contribution in [0.5, 0.6) is 11.5 Å². The van der Waals surface area contributed by atoms with Crippen molar-refractivity contribution in [2.75, 3.05) is 40.4 Å². The summed E-state index contributed by atoms with van der Waals surface area (Å²) in [4.78, 5) is 25.3. The summed E-state index contributed by atoms with van der Waals surface area (Å²) in [7, 11) is 3.17. The number of carbonyl (C=O) groups excluding carboxylic acids is 2. The van der Waals surface area contributed by atoms with Crippen molar-refractivity contribution in [3.63, 3.8) is 0 Å². The van der Waals surface area contributed by atoms with E-state index in [0.29, 0.717) is 50.5 Å². The number of nitrogens with zero attached hydrogens (tertiary/aromatic N) is 1. The first-order chi connectivity index (χ1) is 12.0. The van der Waals surface area contributed by atoms with E-state index < -0.39 is 0 Å². The van der Waals surface area contributed by atoms with Crippen LogP contribution in [0.3, 0.4) is 0 Å². The highest BCUT2D eigenvalue weighted by atomic mass is 16.5. The number of amides is 3. The van der Waals surface area contributed by atoms with Gasteiger partial charge in [-0.2, -0.15) is 0 Å². The Kier molecular flexibility index (Phi) is 9.21. The van der Waals surface area contributed by atoms with Crippen LogP contribution in [0.15, 0.2) is 18.2 Å². The van der Waals surface area contributed by atoms with E-state index in [4.69, 9.17) is 9.47 Å². The van der Waals surface area contributed by atoms with E-state index in [9.17, 15) is 9.59 Å². The Balaban J connectivity index is 2.30. The smallest absolute Gasteiger partial charge is 0.317 e. The Labute approximate surface area is 149 Å². The van der Waals surface area contributed by atoms with E-state index in [1.165, 1.54) is 0 Å². The molecule has 0 spiro atoms. The monoisotopic (exact) mass is 351 g/mol. The summed E-state index contributed by atoms with van der Waals surface area (Å²) in [6.07, 6.45) is 0.984. The van der Waals surface area contributed by atoms with Gasteiger partial charge in [-0.3, -0.25) is 4.79 Å². The molecular formula is C18H29N3O4. The minimum absolute atomic E-state index is 0.0492. The molecule has 7 nitrogen and oxygen atoms in total. The summed E-state index contributed by atoms with van der Waals surface area (Å²) in [5.74, 6) is 1.27. The summed E-state index contributed by atoms with van der Waals surface area (Å²) >= 11 is 0. The molecule has 0 radical (unpaired) electrons. The molecule has 1 aromatic carbocycles. The van der Waals surface area contributed by atoms with E-state index >= 15 is 0 Å². The minimum Gasteiger partial charge on any atom is -0.493 e. The van der Waals surface area contributed by atoms with Gasteiger partial charge in [-0.15, -0.1) is 0 Å². The van der Waals surface area contributed by atoms with Crippen molar-refractivity contribution in [2.45, 2.75) is 26.7 Å². The third kappa shape index (κ3) is 6.91. The van der Waals surface area contributed by atoms with Gasteiger partial charge in [-0.25, -0.2) is 4.79 Å². The van der Waals surface area contributed by atoms with Gasteiger partial charge in [0, 0.05) is 32.6 Å². The fourth-order valence-electron chi connectivity index (χ4n) is 2.38. The molecule has 0 fully saturated rings. The number of methoxy groups -OCH3 is 2. The Hall–Kier alpha value is -2.44. The van der Waals surface area contributed by atoms with E-state index in [-0.39, 0.29) is 11.9 Å². The number of hydrogen-bond acceptors (Lipinski definition) is 4. The predicted octanol–water partition coefficient (Wildman–Crippen LogP) is 1.80. The van der Waals surface area contributed by atoms with Gasteiger partial charge < -0.3 is 25.0 Å². The zero-order chi connectivity index (χ0) is 18.7. The van der Waals surface area contributed by atoms with Crippen molar-refractivity contribution in [1.82, 2.24) is 15.5 Å². The SMILES string of the molecule is CCN(CC)C(=O)NCCNC(=O)CCc1ccc(OC)c(OC)c1. The molecule has 0 unspecified atom stereocenters. The summed E-state index contributed by atoms with van der Waals surface area (Å²) in [6, 6.07) is 5.51. The van der Waals surface area contributed by atoms with Crippen LogP contribution < -0.4 is 20.1 Å². The van der Waals surface area contributed by atoms with Crippen molar-refractivity contribution in [3.8, 4) is 11.5 Å². The van der Waals surface area contributed by atoms with E-state index in [1.54, 1.807) is 19.1 Å². The largest absolute Gasteiger partial charge is 0.493 e. The van der Waals surface area contributed by atoms with Crippen molar-refractivity contribution in [2.24, 2.45) is 0 Å². The quantitative estimate of drug-likeness (QED) is 0.630.